The molecule has 5 rings (SSSR count). The van der Waals surface area contributed by atoms with Gasteiger partial charge in [-0.2, -0.15) is 0 Å². The first-order valence-electron chi connectivity index (χ1n) is 12.6. The lowest BCUT2D eigenvalue weighted by molar-refractivity contribution is -0.385. The fourth-order valence-corrected chi connectivity index (χ4v) is 4.56. The highest BCUT2D eigenvalue weighted by Gasteiger charge is 2.18. The van der Waals surface area contributed by atoms with Gasteiger partial charge in [-0.05, 0) is 52.9 Å². The molecular formula is C28H26N8O3. The summed E-state index contributed by atoms with van der Waals surface area (Å²) in [7, 11) is 0. The number of nitrogens with zero attached hydrogens (tertiary/aromatic N) is 7. The van der Waals surface area contributed by atoms with Gasteiger partial charge in [0.1, 0.15) is 17.8 Å². The third-order valence-electron chi connectivity index (χ3n) is 6.54. The molecule has 0 saturated carbocycles. The number of aromatic amines is 1. The van der Waals surface area contributed by atoms with Crippen molar-refractivity contribution in [1.29, 1.82) is 0 Å². The Morgan fingerprint density at radius 2 is 1.79 bits per heavy atom. The van der Waals surface area contributed by atoms with Crippen LogP contribution in [0.1, 0.15) is 42.4 Å². The molecular weight excluding hydrogens is 496 g/mol. The molecule has 0 spiro atoms. The Morgan fingerprint density at radius 1 is 1.03 bits per heavy atom. The maximum Gasteiger partial charge on any atom is 0.287 e. The van der Waals surface area contributed by atoms with Crippen molar-refractivity contribution in [3.63, 3.8) is 0 Å². The van der Waals surface area contributed by atoms with Gasteiger partial charge in [0.15, 0.2) is 5.82 Å². The third kappa shape index (κ3) is 5.33. The molecule has 0 unspecified atom stereocenters. The minimum absolute atomic E-state index is 0.140. The summed E-state index contributed by atoms with van der Waals surface area (Å²) in [5.41, 5.74) is 4.82. The largest absolute Gasteiger partial charge is 0.287 e. The molecule has 0 aliphatic rings. The lowest BCUT2D eigenvalue weighted by Gasteiger charge is -2.15. The summed E-state index contributed by atoms with van der Waals surface area (Å²) >= 11 is 0. The molecule has 3 heterocycles. The summed E-state index contributed by atoms with van der Waals surface area (Å²) in [6, 6.07) is 18.7. The molecule has 0 saturated heterocycles. The fourth-order valence-electron chi connectivity index (χ4n) is 4.56. The van der Waals surface area contributed by atoms with Crippen molar-refractivity contribution in [2.24, 2.45) is 0 Å². The monoisotopic (exact) mass is 522 g/mol. The van der Waals surface area contributed by atoms with Gasteiger partial charge in [0.05, 0.1) is 10.6 Å². The molecule has 0 fully saturated rings. The Bertz CT molecular complexity index is 1660. The van der Waals surface area contributed by atoms with Gasteiger partial charge < -0.3 is 0 Å². The number of hydrogen-bond donors (Lipinski definition) is 1. The molecule has 0 atom stereocenters. The zero-order chi connectivity index (χ0) is 27.4. The van der Waals surface area contributed by atoms with E-state index in [0.717, 1.165) is 47.0 Å². The zero-order valence-electron chi connectivity index (χ0n) is 21.5. The SMILES string of the molecule is CCCCc1nc(C)n(-c2ccc([N+](=O)[O-])cn2)c(=O)c1Cc1ccc(-c2ccccc2-c2nnn[nH]2)cc1. The maximum atomic E-state index is 13.8. The van der Waals surface area contributed by atoms with Crippen LogP contribution in [0, 0.1) is 17.0 Å². The smallest absolute Gasteiger partial charge is 0.268 e. The molecule has 5 aromatic rings. The fraction of sp³-hybridized carbons (Fsp3) is 0.214. The van der Waals surface area contributed by atoms with Crippen molar-refractivity contribution in [3.8, 4) is 28.3 Å². The number of benzene rings is 2. The summed E-state index contributed by atoms with van der Waals surface area (Å²) in [5.74, 6) is 1.37. The summed E-state index contributed by atoms with van der Waals surface area (Å²) < 4.78 is 1.42. The van der Waals surface area contributed by atoms with Gasteiger partial charge in [0, 0.05) is 23.6 Å². The van der Waals surface area contributed by atoms with E-state index < -0.39 is 4.92 Å². The van der Waals surface area contributed by atoms with Crippen molar-refractivity contribution < 1.29 is 4.92 Å². The number of unbranched alkanes of at least 4 members (excludes halogenated alkanes) is 1. The second-order valence-corrected chi connectivity index (χ2v) is 9.13. The van der Waals surface area contributed by atoms with Crippen molar-refractivity contribution in [2.45, 2.75) is 39.5 Å². The van der Waals surface area contributed by atoms with Gasteiger partial charge in [0.2, 0.25) is 0 Å². The molecule has 3 aromatic heterocycles. The summed E-state index contributed by atoms with van der Waals surface area (Å²) in [4.78, 5) is 33.3. The minimum Gasteiger partial charge on any atom is -0.268 e. The number of H-pyrrole nitrogens is 1. The lowest BCUT2D eigenvalue weighted by atomic mass is 9.96. The zero-order valence-corrected chi connectivity index (χ0v) is 21.5. The Labute approximate surface area is 223 Å². The topological polar surface area (TPSA) is 145 Å². The number of nitrogens with one attached hydrogen (secondary N) is 1. The van der Waals surface area contributed by atoms with E-state index in [0.29, 0.717) is 35.9 Å². The Kier molecular flexibility index (Phi) is 7.30. The Balaban J connectivity index is 1.51. The summed E-state index contributed by atoms with van der Waals surface area (Å²) in [6.45, 7) is 3.85. The highest BCUT2D eigenvalue weighted by atomic mass is 16.6. The second-order valence-electron chi connectivity index (χ2n) is 9.13. The number of rotatable bonds is 9. The van der Waals surface area contributed by atoms with Crippen LogP contribution in [-0.2, 0) is 12.8 Å². The normalized spacial score (nSPS) is 11.0. The van der Waals surface area contributed by atoms with Crippen LogP contribution in [0.2, 0.25) is 0 Å². The van der Waals surface area contributed by atoms with Crippen LogP contribution >= 0.6 is 0 Å². The van der Waals surface area contributed by atoms with Gasteiger partial charge in [0.25, 0.3) is 11.2 Å². The van der Waals surface area contributed by atoms with E-state index >= 15 is 0 Å². The highest BCUT2D eigenvalue weighted by Crippen LogP contribution is 2.30. The predicted octanol–water partition coefficient (Wildman–Crippen LogP) is 4.62. The van der Waals surface area contributed by atoms with Crippen LogP contribution in [0.3, 0.4) is 0 Å². The van der Waals surface area contributed by atoms with Crippen LogP contribution in [-0.4, -0.2) is 40.1 Å². The number of tetrazole rings is 1. The molecule has 11 heteroatoms. The van der Waals surface area contributed by atoms with E-state index in [1.807, 2.05) is 48.5 Å². The molecule has 196 valence electrons. The molecule has 39 heavy (non-hydrogen) atoms. The van der Waals surface area contributed by atoms with Crippen LogP contribution in [0.15, 0.2) is 71.7 Å². The van der Waals surface area contributed by atoms with E-state index in [4.69, 9.17) is 4.98 Å². The number of nitro groups is 1. The average molecular weight is 523 g/mol. The number of hydrogen-bond acceptors (Lipinski definition) is 8. The molecule has 0 bridgehead atoms. The molecule has 0 radical (unpaired) electrons. The summed E-state index contributed by atoms with van der Waals surface area (Å²) in [6.07, 6.45) is 4.11. The first kappa shape index (κ1) is 25.6. The van der Waals surface area contributed by atoms with Crippen molar-refractivity contribution >= 4 is 5.69 Å². The van der Waals surface area contributed by atoms with E-state index in [-0.39, 0.29) is 11.2 Å². The first-order chi connectivity index (χ1) is 19.0. The molecule has 11 nitrogen and oxygen atoms in total. The highest BCUT2D eigenvalue weighted by molar-refractivity contribution is 5.80. The van der Waals surface area contributed by atoms with E-state index in [9.17, 15) is 14.9 Å². The average Bonchev–Trinajstić information content (AvgIpc) is 3.49. The predicted molar refractivity (Wildman–Crippen MR) is 145 cm³/mol. The molecule has 0 amide bonds. The van der Waals surface area contributed by atoms with E-state index in [1.165, 1.54) is 16.7 Å². The quantitative estimate of drug-likeness (QED) is 0.218. The molecule has 1 N–H and O–H groups in total. The van der Waals surface area contributed by atoms with Crippen LogP contribution in [0.4, 0.5) is 5.69 Å². The van der Waals surface area contributed by atoms with Gasteiger partial charge in [-0.1, -0.05) is 61.9 Å². The minimum atomic E-state index is -0.519. The van der Waals surface area contributed by atoms with Gasteiger partial charge in [-0.3, -0.25) is 14.9 Å². The summed E-state index contributed by atoms with van der Waals surface area (Å²) in [5, 5.41) is 25.3. The molecule has 0 aliphatic heterocycles. The Morgan fingerprint density at radius 3 is 2.44 bits per heavy atom. The number of aromatic nitrogens is 7. The number of pyridine rings is 1. The lowest BCUT2D eigenvalue weighted by Crippen LogP contribution is -2.29. The van der Waals surface area contributed by atoms with E-state index in [1.54, 1.807) is 6.92 Å². The van der Waals surface area contributed by atoms with Crippen LogP contribution in [0.5, 0.6) is 0 Å². The number of aryl methyl sites for hydroxylation is 2. The first-order valence-corrected chi connectivity index (χ1v) is 12.6. The maximum absolute atomic E-state index is 13.8. The molecule has 2 aromatic carbocycles. The van der Waals surface area contributed by atoms with Gasteiger partial charge in [-0.25, -0.2) is 19.6 Å². The standard InChI is InChI=1S/C28H26N8O3/c1-3-4-9-25-24(28(37)35(18(2)30-25)26-15-14-21(17-29-26)36(38)39)16-19-10-12-20(13-11-19)22-7-5-6-8-23(22)27-31-33-34-32-27/h5-8,10-15,17H,3-4,9,16H2,1-2H3,(H,31,32,33,34). The van der Waals surface area contributed by atoms with Crippen molar-refractivity contribution in [3.05, 3.63) is 110 Å². The molecule has 0 aliphatic carbocycles. The van der Waals surface area contributed by atoms with Crippen LogP contribution in [0.25, 0.3) is 28.3 Å². The van der Waals surface area contributed by atoms with Gasteiger partial charge in [-0.15, -0.1) is 5.10 Å². The van der Waals surface area contributed by atoms with Crippen molar-refractivity contribution in [2.75, 3.05) is 0 Å². The Hall–Kier alpha value is -5.06. The van der Waals surface area contributed by atoms with Gasteiger partial charge >= 0.3 is 0 Å². The third-order valence-corrected chi connectivity index (χ3v) is 6.54. The van der Waals surface area contributed by atoms with Crippen molar-refractivity contribution in [1.82, 2.24) is 35.2 Å². The second kappa shape index (κ2) is 11.1. The van der Waals surface area contributed by atoms with Crippen LogP contribution < -0.4 is 5.56 Å². The van der Waals surface area contributed by atoms with E-state index in [2.05, 4.69) is 32.5 Å².